The van der Waals surface area contributed by atoms with E-state index in [-0.39, 0.29) is 91.3 Å². The van der Waals surface area contributed by atoms with Crippen LogP contribution in [0.2, 0.25) is 0 Å². The van der Waals surface area contributed by atoms with E-state index in [1.54, 1.807) is 0 Å². The van der Waals surface area contributed by atoms with Crippen LogP contribution in [0.3, 0.4) is 0 Å². The summed E-state index contributed by atoms with van der Waals surface area (Å²) in [5, 5.41) is 0. The number of rotatable bonds is 0. The summed E-state index contributed by atoms with van der Waals surface area (Å²) in [4.78, 5) is 29.3. The van der Waals surface area contributed by atoms with Gasteiger partial charge in [-0.3, -0.25) is 0 Å². The molecule has 0 aliphatic rings. The molecule has 0 aromatic carbocycles. The second-order valence-corrected chi connectivity index (χ2v) is 1.80. The molecule has 0 saturated carbocycles. The Kier molecular flexibility index (Phi) is 44.1. The van der Waals surface area contributed by atoms with Gasteiger partial charge in [0, 0.05) is 17.1 Å². The molecule has 6 N–H and O–H groups in total. The Bertz CT molecular complexity index is 32.4. The van der Waals surface area contributed by atoms with Crippen molar-refractivity contribution in [2.45, 2.75) is 0 Å². The third-order valence-corrected chi connectivity index (χ3v) is 0. The fourth-order valence-corrected chi connectivity index (χ4v) is 0. The van der Waals surface area contributed by atoms with E-state index in [1.165, 1.54) is 0 Å². The maximum atomic E-state index is 7.33. The van der Waals surface area contributed by atoms with Gasteiger partial charge in [0.25, 0.3) is 0 Å². The van der Waals surface area contributed by atoms with Gasteiger partial charge in [0.1, 0.15) is 0 Å². The van der Waals surface area contributed by atoms with Gasteiger partial charge in [-0.05, 0) is 0 Å². The van der Waals surface area contributed by atoms with Crippen LogP contribution in [0, 0.1) is 0 Å². The molecule has 0 aromatic rings. The van der Waals surface area contributed by atoms with Gasteiger partial charge in [0.05, 0.1) is 0 Å². The summed E-state index contributed by atoms with van der Waals surface area (Å²) in [6, 6.07) is 0. The monoisotopic (exact) mass is 239 g/mol. The fraction of sp³-hybridized carbons (Fsp3) is 0. The Labute approximate surface area is 117 Å². The van der Waals surface area contributed by atoms with Gasteiger partial charge in [-0.2, -0.15) is 0 Å². The predicted molar refractivity (Wildman–Crippen MR) is 35.3 cm³/mol. The topological polar surface area (TPSA) is 112 Å². The van der Waals surface area contributed by atoms with E-state index in [9.17, 15) is 0 Å². The van der Waals surface area contributed by atoms with Crippen molar-refractivity contribution in [3.8, 4) is 0 Å². The maximum Gasteiger partial charge on any atom is 0 e. The summed E-state index contributed by atoms with van der Waals surface area (Å²) in [6.07, 6.45) is 0. The van der Waals surface area contributed by atoms with Crippen molar-refractivity contribution in [3.05, 3.63) is 0 Å². The minimum Gasteiger partial charge on any atom is 0 e. The van der Waals surface area contributed by atoms with E-state index >= 15 is 0 Å². The Morgan fingerprint density at radius 3 is 0.889 bits per heavy atom. The molecule has 0 aromatic heterocycles. The molecule has 0 spiro atoms. The van der Waals surface area contributed by atoms with Gasteiger partial charge in [0.15, 0.2) is 17.4 Å². The molecule has 1 radical (unpaired) electrons. The molecule has 0 heterocycles. The molecule has 0 aliphatic heterocycles. The normalized spacial score (nSPS) is 6.67. The molecule has 0 saturated heterocycles. The second kappa shape index (κ2) is 13.3. The SMILES string of the molecule is O.O[Si](O)(O)O.[AlH3].[KH].[Mn]. The first-order valence-corrected chi connectivity index (χ1v) is 2.68. The first-order valence-electron chi connectivity index (χ1n) is 0.894. The first-order chi connectivity index (χ1) is 2.00. The zero-order valence-electron chi connectivity index (χ0n) is 3.17. The van der Waals surface area contributed by atoms with Crippen LogP contribution in [0.15, 0.2) is 0 Å². The molecular weight excluding hydrogens is 229 g/mol. The first kappa shape index (κ1) is 29.8. The van der Waals surface area contributed by atoms with Gasteiger partial charge in [-0.15, -0.1) is 0 Å². The van der Waals surface area contributed by atoms with Crippen molar-refractivity contribution >= 4 is 77.8 Å². The van der Waals surface area contributed by atoms with Crippen LogP contribution in [-0.2, 0) is 17.1 Å². The molecule has 5 nitrogen and oxygen atoms in total. The zero-order chi connectivity index (χ0) is 4.50. The summed E-state index contributed by atoms with van der Waals surface area (Å²) < 4.78 is 0. The summed E-state index contributed by atoms with van der Waals surface area (Å²) >= 11 is 0. The van der Waals surface area contributed by atoms with Crippen LogP contribution in [0.5, 0.6) is 0 Å². The Morgan fingerprint density at radius 2 is 0.889 bits per heavy atom. The minimum atomic E-state index is -4.61. The van der Waals surface area contributed by atoms with Crippen molar-refractivity contribution in [2.24, 2.45) is 0 Å². The van der Waals surface area contributed by atoms with Crippen LogP contribution < -0.4 is 0 Å². The van der Waals surface area contributed by atoms with Gasteiger partial charge in [0.2, 0.25) is 0 Å². The van der Waals surface area contributed by atoms with Crippen LogP contribution >= 0.6 is 0 Å². The largest absolute Gasteiger partial charge is 0 e. The van der Waals surface area contributed by atoms with Crippen LogP contribution in [0.4, 0.5) is 0 Å². The van der Waals surface area contributed by atoms with Gasteiger partial charge in [-0.1, -0.05) is 0 Å². The van der Waals surface area contributed by atoms with Gasteiger partial charge >= 0.3 is 60.4 Å². The van der Waals surface area contributed by atoms with Crippen molar-refractivity contribution in [3.63, 3.8) is 0 Å². The van der Waals surface area contributed by atoms with Crippen LogP contribution in [0.25, 0.3) is 0 Å². The molecular formula is H10AlKMnO5Si. The van der Waals surface area contributed by atoms with E-state index in [2.05, 4.69) is 0 Å². The number of hydrogen-bond donors (Lipinski definition) is 4. The molecule has 0 aliphatic carbocycles. The summed E-state index contributed by atoms with van der Waals surface area (Å²) in [6.45, 7) is 0. The maximum absolute atomic E-state index is 7.33. The summed E-state index contributed by atoms with van der Waals surface area (Å²) in [5.74, 6) is 0. The van der Waals surface area contributed by atoms with Crippen molar-refractivity contribution in [1.29, 1.82) is 0 Å². The third-order valence-electron chi connectivity index (χ3n) is 0. The van der Waals surface area contributed by atoms with E-state index in [4.69, 9.17) is 19.2 Å². The zero-order valence-corrected chi connectivity index (χ0v) is 5.35. The molecule has 0 bridgehead atoms. The van der Waals surface area contributed by atoms with Crippen molar-refractivity contribution in [1.82, 2.24) is 0 Å². The Hall–Kier alpha value is 2.71. The molecule has 55 valence electrons. The van der Waals surface area contributed by atoms with E-state index in [0.29, 0.717) is 0 Å². The molecule has 0 rings (SSSR count). The summed E-state index contributed by atoms with van der Waals surface area (Å²) in [7, 11) is -4.61. The van der Waals surface area contributed by atoms with E-state index < -0.39 is 9.05 Å². The Balaban J connectivity index is -0.0000000133. The molecule has 0 amide bonds. The average Bonchev–Trinajstić information content (AvgIpc) is 0.722. The molecule has 9 heteroatoms. The van der Waals surface area contributed by atoms with E-state index in [0.717, 1.165) is 0 Å². The van der Waals surface area contributed by atoms with E-state index in [1.807, 2.05) is 0 Å². The smallest absolute Gasteiger partial charge is 0 e. The standard InChI is InChI=1S/Al.K.Mn.H4O4Si.H2O.4H/c;;;1-5(2,3)4;;;;;/h;;;1-4H;1H2;;;;. The van der Waals surface area contributed by atoms with Crippen LogP contribution in [0.1, 0.15) is 0 Å². The molecule has 9 heavy (non-hydrogen) atoms. The second-order valence-electron chi connectivity index (χ2n) is 0.600. The number of hydrogen-bond acceptors (Lipinski definition) is 4. The third kappa shape index (κ3) is 111. The minimum absolute atomic E-state index is 0. The summed E-state index contributed by atoms with van der Waals surface area (Å²) in [5.41, 5.74) is 0. The Morgan fingerprint density at radius 1 is 0.889 bits per heavy atom. The molecule has 0 atom stereocenters. The average molecular weight is 239 g/mol. The quantitative estimate of drug-likeness (QED) is 0.316. The predicted octanol–water partition coefficient (Wildman–Crippen LogP) is -5.27. The fourth-order valence-electron chi connectivity index (χ4n) is 0. The van der Waals surface area contributed by atoms with Crippen molar-refractivity contribution < 1.29 is 41.7 Å². The molecule has 0 fully saturated rings. The van der Waals surface area contributed by atoms with Crippen molar-refractivity contribution in [2.75, 3.05) is 0 Å². The van der Waals surface area contributed by atoms with Crippen LogP contribution in [-0.4, -0.2) is 102 Å². The van der Waals surface area contributed by atoms with Gasteiger partial charge < -0.3 is 24.7 Å². The van der Waals surface area contributed by atoms with Gasteiger partial charge in [-0.25, -0.2) is 0 Å². The molecule has 0 unspecified atom stereocenters.